The zero-order valence-corrected chi connectivity index (χ0v) is 15.7. The van der Waals surface area contributed by atoms with E-state index in [0.29, 0.717) is 12.2 Å². The molecule has 1 saturated heterocycles. The van der Waals surface area contributed by atoms with Gasteiger partial charge in [0.1, 0.15) is 0 Å². The lowest BCUT2D eigenvalue weighted by Crippen LogP contribution is -2.33. The van der Waals surface area contributed by atoms with Crippen molar-refractivity contribution in [1.82, 2.24) is 4.90 Å². The number of hydrogen-bond acceptors (Lipinski definition) is 6. The number of benzene rings is 1. The van der Waals surface area contributed by atoms with Gasteiger partial charge in [-0.1, -0.05) is 0 Å². The first-order valence-electron chi connectivity index (χ1n) is 8.14. The van der Waals surface area contributed by atoms with Crippen LogP contribution >= 0.6 is 0 Å². The van der Waals surface area contributed by atoms with Crippen LogP contribution < -0.4 is 5.32 Å². The fourth-order valence-electron chi connectivity index (χ4n) is 2.63. The Hall–Kier alpha value is -2.42. The summed E-state index contributed by atoms with van der Waals surface area (Å²) in [5.74, 6) is -1.79. The molecule has 1 heterocycles. The van der Waals surface area contributed by atoms with Gasteiger partial charge >= 0.3 is 5.97 Å². The van der Waals surface area contributed by atoms with Crippen molar-refractivity contribution in [2.75, 3.05) is 24.7 Å². The zero-order valence-electron chi connectivity index (χ0n) is 14.9. The number of nitrogens with one attached hydrogen (secondary N) is 1. The molecule has 1 N–H and O–H groups in total. The maximum Gasteiger partial charge on any atom is 0.311 e. The second-order valence-electron chi connectivity index (χ2n) is 6.49. The van der Waals surface area contributed by atoms with Crippen molar-refractivity contribution >= 4 is 33.3 Å². The van der Waals surface area contributed by atoms with Crippen molar-refractivity contribution in [3.05, 3.63) is 24.3 Å². The van der Waals surface area contributed by atoms with Crippen molar-refractivity contribution in [3.63, 3.8) is 0 Å². The highest BCUT2D eigenvalue weighted by molar-refractivity contribution is 7.90. The molecule has 26 heavy (non-hydrogen) atoms. The molecule has 2 amide bonds. The lowest BCUT2D eigenvalue weighted by atomic mass is 10.1. The van der Waals surface area contributed by atoms with E-state index in [1.165, 1.54) is 24.3 Å². The molecule has 0 saturated carbocycles. The lowest BCUT2D eigenvalue weighted by Gasteiger charge is -2.20. The molecular formula is C17H22N2O6S. The maximum absolute atomic E-state index is 12.0. The molecule has 9 heteroatoms. The summed E-state index contributed by atoms with van der Waals surface area (Å²) in [4.78, 5) is 37.4. The normalized spacial score (nSPS) is 17.5. The van der Waals surface area contributed by atoms with E-state index in [2.05, 4.69) is 5.32 Å². The molecule has 0 bridgehead atoms. The van der Waals surface area contributed by atoms with Gasteiger partial charge in [0.2, 0.25) is 5.91 Å². The smallest absolute Gasteiger partial charge is 0.311 e. The minimum absolute atomic E-state index is 0.0125. The second-order valence-corrected chi connectivity index (χ2v) is 8.51. The third kappa shape index (κ3) is 5.04. The van der Waals surface area contributed by atoms with Gasteiger partial charge in [0, 0.05) is 31.0 Å². The van der Waals surface area contributed by atoms with Crippen molar-refractivity contribution < 1.29 is 27.5 Å². The van der Waals surface area contributed by atoms with Crippen LogP contribution in [0.15, 0.2) is 29.2 Å². The van der Waals surface area contributed by atoms with E-state index in [9.17, 15) is 22.8 Å². The Morgan fingerprint density at radius 3 is 2.38 bits per heavy atom. The molecule has 1 unspecified atom stereocenters. The van der Waals surface area contributed by atoms with Crippen LogP contribution in [0.3, 0.4) is 0 Å². The molecule has 1 fully saturated rings. The Morgan fingerprint density at radius 1 is 1.27 bits per heavy atom. The molecule has 1 aliphatic rings. The van der Waals surface area contributed by atoms with Crippen LogP contribution in [0.2, 0.25) is 0 Å². The first-order valence-corrected chi connectivity index (χ1v) is 10.0. The zero-order chi connectivity index (χ0) is 19.5. The van der Waals surface area contributed by atoms with E-state index in [4.69, 9.17) is 4.74 Å². The van der Waals surface area contributed by atoms with Gasteiger partial charge in [0.25, 0.3) is 5.91 Å². The van der Waals surface area contributed by atoms with Gasteiger partial charge in [0.15, 0.2) is 16.4 Å². The maximum atomic E-state index is 12.0. The van der Waals surface area contributed by atoms with Crippen LogP contribution in [-0.4, -0.2) is 56.6 Å². The summed E-state index contributed by atoms with van der Waals surface area (Å²) in [6, 6.07) is 5.67. The molecule has 0 radical (unpaired) electrons. The molecule has 142 valence electrons. The minimum atomic E-state index is -3.31. The number of anilines is 1. The minimum Gasteiger partial charge on any atom is -0.455 e. The first kappa shape index (κ1) is 19.9. The molecule has 1 aromatic carbocycles. The van der Waals surface area contributed by atoms with E-state index >= 15 is 0 Å². The van der Waals surface area contributed by atoms with Gasteiger partial charge in [-0.2, -0.15) is 0 Å². The second kappa shape index (κ2) is 7.86. The molecule has 8 nitrogen and oxygen atoms in total. The molecule has 1 aliphatic heterocycles. The lowest BCUT2D eigenvalue weighted by molar-refractivity contribution is -0.151. The van der Waals surface area contributed by atoms with Gasteiger partial charge in [0.05, 0.1) is 10.8 Å². The number of nitrogens with zero attached hydrogens (tertiary/aromatic N) is 1. The van der Waals surface area contributed by atoms with Gasteiger partial charge in [-0.3, -0.25) is 14.4 Å². The monoisotopic (exact) mass is 382 g/mol. The van der Waals surface area contributed by atoms with Crippen molar-refractivity contribution in [2.24, 2.45) is 5.92 Å². The SMILES string of the molecule is CC(C)N1CC(C(=O)OCC(=O)Nc2ccc(S(C)(=O)=O)cc2)CC1=O. The fraction of sp³-hybridized carbons (Fsp3) is 0.471. The number of esters is 1. The fourth-order valence-corrected chi connectivity index (χ4v) is 3.26. The predicted octanol–water partition coefficient (Wildman–Crippen LogP) is 0.829. The molecule has 0 spiro atoms. The van der Waals surface area contributed by atoms with Crippen molar-refractivity contribution in [3.8, 4) is 0 Å². The number of likely N-dealkylation sites (tertiary alicyclic amines) is 1. The average molecular weight is 382 g/mol. The Kier molecular flexibility index (Phi) is 6.01. The summed E-state index contributed by atoms with van der Waals surface area (Å²) < 4.78 is 27.8. The molecular weight excluding hydrogens is 360 g/mol. The summed E-state index contributed by atoms with van der Waals surface area (Å²) in [6.45, 7) is 3.56. The molecule has 0 aliphatic carbocycles. The largest absolute Gasteiger partial charge is 0.455 e. The third-order valence-corrected chi connectivity index (χ3v) is 5.16. The molecule has 1 atom stereocenters. The van der Waals surface area contributed by atoms with E-state index in [0.717, 1.165) is 6.26 Å². The molecule has 2 rings (SSSR count). The highest BCUT2D eigenvalue weighted by Gasteiger charge is 2.36. The van der Waals surface area contributed by atoms with Gasteiger partial charge in [-0.15, -0.1) is 0 Å². The number of hydrogen-bond donors (Lipinski definition) is 1. The summed E-state index contributed by atoms with van der Waals surface area (Å²) in [6.07, 6.45) is 1.18. The van der Waals surface area contributed by atoms with E-state index in [1.54, 1.807) is 4.90 Å². The Balaban J connectivity index is 1.83. The Labute approximate surface area is 152 Å². The quantitative estimate of drug-likeness (QED) is 0.730. The average Bonchev–Trinajstić information content (AvgIpc) is 2.94. The van der Waals surface area contributed by atoms with Crippen molar-refractivity contribution in [1.29, 1.82) is 0 Å². The number of rotatable bonds is 6. The standard InChI is InChI=1S/C17H22N2O6S/c1-11(2)19-9-12(8-16(19)21)17(22)25-10-15(20)18-13-4-6-14(7-5-13)26(3,23)24/h4-7,11-12H,8-10H2,1-3H3,(H,18,20). The summed E-state index contributed by atoms with van der Waals surface area (Å²) in [5.41, 5.74) is 0.389. The Morgan fingerprint density at radius 2 is 1.88 bits per heavy atom. The first-order chi connectivity index (χ1) is 12.1. The number of ether oxygens (including phenoxy) is 1. The molecule has 0 aromatic heterocycles. The van der Waals surface area contributed by atoms with Crippen LogP contribution in [0.5, 0.6) is 0 Å². The summed E-state index contributed by atoms with van der Waals surface area (Å²) in [7, 11) is -3.31. The van der Waals surface area contributed by atoms with Crippen LogP contribution in [0.1, 0.15) is 20.3 Å². The Bertz CT molecular complexity index is 801. The predicted molar refractivity (Wildman–Crippen MR) is 94.1 cm³/mol. The van der Waals surface area contributed by atoms with Crippen LogP contribution in [-0.2, 0) is 29.0 Å². The third-order valence-electron chi connectivity index (χ3n) is 4.03. The topological polar surface area (TPSA) is 110 Å². The van der Waals surface area contributed by atoms with Crippen molar-refractivity contribution in [2.45, 2.75) is 31.2 Å². The number of carbonyl (C=O) groups is 3. The van der Waals surface area contributed by atoms with Gasteiger partial charge < -0.3 is 15.0 Å². The van der Waals surface area contributed by atoms with Crippen LogP contribution in [0, 0.1) is 5.92 Å². The summed E-state index contributed by atoms with van der Waals surface area (Å²) >= 11 is 0. The van der Waals surface area contributed by atoms with E-state index < -0.39 is 34.2 Å². The van der Waals surface area contributed by atoms with Crippen LogP contribution in [0.4, 0.5) is 5.69 Å². The van der Waals surface area contributed by atoms with Gasteiger partial charge in [-0.05, 0) is 38.1 Å². The van der Waals surface area contributed by atoms with Crippen LogP contribution in [0.25, 0.3) is 0 Å². The highest BCUT2D eigenvalue weighted by Crippen LogP contribution is 2.21. The van der Waals surface area contributed by atoms with E-state index in [-0.39, 0.29) is 23.3 Å². The molecule has 1 aromatic rings. The van der Waals surface area contributed by atoms with E-state index in [1.807, 2.05) is 13.8 Å². The number of sulfone groups is 1. The summed E-state index contributed by atoms with van der Waals surface area (Å²) in [5, 5.41) is 2.51. The number of amides is 2. The van der Waals surface area contributed by atoms with Gasteiger partial charge in [-0.25, -0.2) is 8.42 Å². The highest BCUT2D eigenvalue weighted by atomic mass is 32.2. The number of carbonyl (C=O) groups excluding carboxylic acids is 3.